The number of nitrogens with zero attached hydrogens (tertiary/aromatic N) is 2. The summed E-state index contributed by atoms with van der Waals surface area (Å²) in [5.41, 5.74) is 8.79. The fraction of sp³-hybridized carbons (Fsp3) is 0.222. The fourth-order valence-electron chi connectivity index (χ4n) is 1.14. The Balaban J connectivity index is 1.81. The minimum Gasteiger partial charge on any atom is -0.375 e. The van der Waals surface area contributed by atoms with Crippen LogP contribution in [0.2, 0.25) is 0 Å². The molecule has 0 unspecified atom stereocenters. The molecule has 0 aliphatic heterocycles. The van der Waals surface area contributed by atoms with Crippen molar-refractivity contribution >= 4 is 33.7 Å². The van der Waals surface area contributed by atoms with Gasteiger partial charge in [0, 0.05) is 10.8 Å². The maximum atomic E-state index is 11.5. The predicted molar refractivity (Wildman–Crippen MR) is 64.2 cm³/mol. The van der Waals surface area contributed by atoms with E-state index in [1.165, 1.54) is 22.7 Å². The van der Waals surface area contributed by atoms with Crippen molar-refractivity contribution in [3.63, 3.8) is 0 Å². The van der Waals surface area contributed by atoms with E-state index in [9.17, 15) is 4.79 Å². The number of anilines is 1. The number of carbonyl (C=O) groups is 1. The van der Waals surface area contributed by atoms with Gasteiger partial charge in [0.2, 0.25) is 5.91 Å². The highest BCUT2D eigenvalue weighted by Crippen LogP contribution is 2.11. The lowest BCUT2D eigenvalue weighted by Gasteiger charge is -2.00. The highest BCUT2D eigenvalue weighted by Gasteiger charge is 2.06. The number of carbonyl (C=O) groups excluding carboxylic acids is 1. The van der Waals surface area contributed by atoms with Crippen LogP contribution >= 0.6 is 22.7 Å². The van der Waals surface area contributed by atoms with E-state index in [1.54, 1.807) is 10.9 Å². The van der Waals surface area contributed by atoms with Gasteiger partial charge in [-0.05, 0) is 0 Å². The Hall–Kier alpha value is -1.47. The molecular weight excluding hydrogens is 244 g/mol. The van der Waals surface area contributed by atoms with E-state index in [0.717, 1.165) is 5.69 Å². The minimum absolute atomic E-state index is 0.0710. The quantitative estimate of drug-likeness (QED) is 0.854. The van der Waals surface area contributed by atoms with Crippen molar-refractivity contribution in [1.82, 2.24) is 15.3 Å². The van der Waals surface area contributed by atoms with Gasteiger partial charge < -0.3 is 11.1 Å². The van der Waals surface area contributed by atoms with E-state index < -0.39 is 0 Å². The summed E-state index contributed by atoms with van der Waals surface area (Å²) >= 11 is 2.85. The Morgan fingerprint density at radius 3 is 2.94 bits per heavy atom. The van der Waals surface area contributed by atoms with Gasteiger partial charge in [-0.25, -0.2) is 9.97 Å². The first-order valence-electron chi connectivity index (χ1n) is 4.57. The lowest BCUT2D eigenvalue weighted by Crippen LogP contribution is -2.24. The third-order valence-corrected chi connectivity index (χ3v) is 3.22. The first-order valence-corrected chi connectivity index (χ1v) is 6.40. The van der Waals surface area contributed by atoms with Gasteiger partial charge in [-0.1, -0.05) is 0 Å². The van der Waals surface area contributed by atoms with Crippen molar-refractivity contribution in [3.05, 3.63) is 27.7 Å². The summed E-state index contributed by atoms with van der Waals surface area (Å²) < 4.78 is 0. The second-order valence-electron chi connectivity index (χ2n) is 3.11. The molecule has 16 heavy (non-hydrogen) atoms. The largest absolute Gasteiger partial charge is 0.375 e. The first-order chi connectivity index (χ1) is 7.74. The number of thiazole rings is 2. The van der Waals surface area contributed by atoms with Crippen LogP contribution in [0.25, 0.3) is 0 Å². The zero-order chi connectivity index (χ0) is 11.4. The molecule has 3 N–H and O–H groups in total. The summed E-state index contributed by atoms with van der Waals surface area (Å²) in [6, 6.07) is 0. The van der Waals surface area contributed by atoms with Crippen LogP contribution in [0.3, 0.4) is 0 Å². The lowest BCUT2D eigenvalue weighted by atomic mass is 10.3. The molecule has 2 heterocycles. The van der Waals surface area contributed by atoms with Crippen molar-refractivity contribution in [3.8, 4) is 0 Å². The van der Waals surface area contributed by atoms with Crippen molar-refractivity contribution in [1.29, 1.82) is 0 Å². The maximum absolute atomic E-state index is 11.5. The molecule has 0 fully saturated rings. The third kappa shape index (κ3) is 3.01. The highest BCUT2D eigenvalue weighted by molar-refractivity contribution is 7.13. The molecule has 7 heteroatoms. The summed E-state index contributed by atoms with van der Waals surface area (Å²) in [5, 5.41) is 6.95. The standard InChI is InChI=1S/C9H10N4OS2/c10-9-13-6(4-16-9)1-8(14)11-2-7-3-15-5-12-7/h3-5H,1-2H2,(H2,10,13)(H,11,14). The van der Waals surface area contributed by atoms with Gasteiger partial charge in [-0.15, -0.1) is 22.7 Å². The molecule has 0 spiro atoms. The monoisotopic (exact) mass is 254 g/mol. The van der Waals surface area contributed by atoms with E-state index in [4.69, 9.17) is 5.73 Å². The number of hydrogen-bond donors (Lipinski definition) is 2. The molecule has 0 bridgehead atoms. The van der Waals surface area contributed by atoms with Crippen molar-refractivity contribution in [2.24, 2.45) is 0 Å². The number of rotatable bonds is 4. The van der Waals surface area contributed by atoms with Crippen LogP contribution in [-0.4, -0.2) is 15.9 Å². The Morgan fingerprint density at radius 2 is 2.31 bits per heavy atom. The Bertz CT molecular complexity index is 466. The van der Waals surface area contributed by atoms with E-state index in [-0.39, 0.29) is 12.3 Å². The van der Waals surface area contributed by atoms with Crippen LogP contribution in [0, 0.1) is 0 Å². The Kier molecular flexibility index (Phi) is 3.47. The number of hydrogen-bond acceptors (Lipinski definition) is 6. The Labute approximate surface area is 100 Å². The van der Waals surface area contributed by atoms with Crippen LogP contribution in [0.1, 0.15) is 11.4 Å². The molecule has 1 amide bonds. The van der Waals surface area contributed by atoms with Crippen LogP contribution in [-0.2, 0) is 17.8 Å². The summed E-state index contributed by atoms with van der Waals surface area (Å²) in [4.78, 5) is 19.6. The van der Waals surface area contributed by atoms with E-state index in [1.807, 2.05) is 5.38 Å². The van der Waals surface area contributed by atoms with Crippen LogP contribution in [0.15, 0.2) is 16.3 Å². The summed E-state index contributed by atoms with van der Waals surface area (Å²) in [6.07, 6.45) is 0.262. The van der Waals surface area contributed by atoms with E-state index in [2.05, 4.69) is 15.3 Å². The second kappa shape index (κ2) is 5.04. The number of nitrogens with two attached hydrogens (primary N) is 1. The normalized spacial score (nSPS) is 10.2. The molecule has 0 aliphatic rings. The van der Waals surface area contributed by atoms with Crippen LogP contribution in [0.4, 0.5) is 5.13 Å². The van der Waals surface area contributed by atoms with Crippen molar-refractivity contribution in [2.75, 3.05) is 5.73 Å². The van der Waals surface area contributed by atoms with E-state index >= 15 is 0 Å². The van der Waals surface area contributed by atoms with Gasteiger partial charge in [-0.2, -0.15) is 0 Å². The molecule has 84 valence electrons. The second-order valence-corrected chi connectivity index (χ2v) is 4.72. The summed E-state index contributed by atoms with van der Waals surface area (Å²) in [7, 11) is 0. The lowest BCUT2D eigenvalue weighted by molar-refractivity contribution is -0.120. The average Bonchev–Trinajstić information content (AvgIpc) is 2.87. The average molecular weight is 254 g/mol. The number of aromatic nitrogens is 2. The molecule has 5 nitrogen and oxygen atoms in total. The number of amides is 1. The molecule has 0 saturated heterocycles. The molecule has 0 aliphatic carbocycles. The number of nitrogens with one attached hydrogen (secondary N) is 1. The van der Waals surface area contributed by atoms with Gasteiger partial charge in [0.05, 0.1) is 29.9 Å². The van der Waals surface area contributed by atoms with Crippen molar-refractivity contribution in [2.45, 2.75) is 13.0 Å². The maximum Gasteiger partial charge on any atom is 0.226 e. The van der Waals surface area contributed by atoms with Gasteiger partial charge in [0.15, 0.2) is 5.13 Å². The summed E-state index contributed by atoms with van der Waals surface area (Å²) in [5.74, 6) is -0.0710. The van der Waals surface area contributed by atoms with Gasteiger partial charge in [0.25, 0.3) is 0 Å². The topological polar surface area (TPSA) is 80.9 Å². The molecule has 0 aromatic carbocycles. The number of nitrogen functional groups attached to an aromatic ring is 1. The van der Waals surface area contributed by atoms with Crippen LogP contribution < -0.4 is 11.1 Å². The fourth-order valence-corrected chi connectivity index (χ4v) is 2.27. The predicted octanol–water partition coefficient (Wildman–Crippen LogP) is 1.04. The summed E-state index contributed by atoms with van der Waals surface area (Å²) in [6.45, 7) is 0.460. The molecule has 2 aromatic heterocycles. The van der Waals surface area contributed by atoms with Gasteiger partial charge in [-0.3, -0.25) is 4.79 Å². The van der Waals surface area contributed by atoms with Crippen molar-refractivity contribution < 1.29 is 4.79 Å². The Morgan fingerprint density at radius 1 is 1.44 bits per heavy atom. The minimum atomic E-state index is -0.0710. The van der Waals surface area contributed by atoms with Gasteiger partial charge >= 0.3 is 0 Å². The highest BCUT2D eigenvalue weighted by atomic mass is 32.1. The SMILES string of the molecule is Nc1nc(CC(=O)NCc2cscn2)cs1. The first kappa shape index (κ1) is 11.0. The van der Waals surface area contributed by atoms with Crippen LogP contribution in [0.5, 0.6) is 0 Å². The zero-order valence-electron chi connectivity index (χ0n) is 8.34. The smallest absolute Gasteiger partial charge is 0.226 e. The van der Waals surface area contributed by atoms with Gasteiger partial charge in [0.1, 0.15) is 0 Å². The van der Waals surface area contributed by atoms with E-state index in [0.29, 0.717) is 17.4 Å². The molecule has 2 aromatic rings. The molecule has 0 saturated carbocycles. The molecular formula is C9H10N4OS2. The zero-order valence-corrected chi connectivity index (χ0v) is 9.98. The molecule has 0 radical (unpaired) electrons. The molecule has 2 rings (SSSR count). The third-order valence-electron chi connectivity index (χ3n) is 1.86. The molecule has 0 atom stereocenters.